The predicted octanol–water partition coefficient (Wildman–Crippen LogP) is 3.50. The Bertz CT molecular complexity index is 1100. The standard InChI is InChI=1S/C20H21N3O4S2/c1-3-10-21-29(25,26)13-15-5-7-16(8-6-15)22-19(24)11-17-12-28-20(23-17)18-9-4-14(2)27-18/h3-9,12,21H,1,10-11,13H2,2H3,(H,22,24). The Labute approximate surface area is 173 Å². The quantitative estimate of drug-likeness (QED) is 0.505. The smallest absolute Gasteiger partial charge is 0.230 e. The Balaban J connectivity index is 1.56. The fourth-order valence-electron chi connectivity index (χ4n) is 2.56. The second kappa shape index (κ2) is 9.17. The van der Waals surface area contributed by atoms with Gasteiger partial charge in [0.2, 0.25) is 15.9 Å². The number of rotatable bonds is 9. The number of hydrogen-bond acceptors (Lipinski definition) is 6. The number of furan rings is 1. The molecule has 7 nitrogen and oxygen atoms in total. The van der Waals surface area contributed by atoms with E-state index in [2.05, 4.69) is 21.6 Å². The van der Waals surface area contributed by atoms with E-state index in [4.69, 9.17) is 4.42 Å². The monoisotopic (exact) mass is 431 g/mol. The van der Waals surface area contributed by atoms with Crippen LogP contribution in [0.25, 0.3) is 10.8 Å². The summed E-state index contributed by atoms with van der Waals surface area (Å²) in [6.07, 6.45) is 1.62. The lowest BCUT2D eigenvalue weighted by atomic mass is 10.2. The highest BCUT2D eigenvalue weighted by Gasteiger charge is 2.13. The van der Waals surface area contributed by atoms with Gasteiger partial charge in [0.25, 0.3) is 0 Å². The number of anilines is 1. The van der Waals surface area contributed by atoms with Crippen LogP contribution in [0.1, 0.15) is 17.0 Å². The lowest BCUT2D eigenvalue weighted by Gasteiger charge is -2.07. The molecule has 0 saturated heterocycles. The Morgan fingerprint density at radius 3 is 2.66 bits per heavy atom. The summed E-state index contributed by atoms with van der Waals surface area (Å²) in [7, 11) is -3.42. The first kappa shape index (κ1) is 21.0. The van der Waals surface area contributed by atoms with Gasteiger partial charge in [-0.05, 0) is 36.8 Å². The van der Waals surface area contributed by atoms with Crippen molar-refractivity contribution in [3.8, 4) is 10.8 Å². The van der Waals surface area contributed by atoms with Crippen LogP contribution in [0.2, 0.25) is 0 Å². The summed E-state index contributed by atoms with van der Waals surface area (Å²) in [4.78, 5) is 16.7. The zero-order valence-corrected chi connectivity index (χ0v) is 17.5. The lowest BCUT2D eigenvalue weighted by molar-refractivity contribution is -0.115. The van der Waals surface area contributed by atoms with E-state index < -0.39 is 10.0 Å². The molecule has 0 atom stereocenters. The van der Waals surface area contributed by atoms with Crippen LogP contribution in [0.5, 0.6) is 0 Å². The molecule has 9 heteroatoms. The highest BCUT2D eigenvalue weighted by molar-refractivity contribution is 7.88. The van der Waals surface area contributed by atoms with Crippen LogP contribution < -0.4 is 10.0 Å². The molecule has 2 heterocycles. The SMILES string of the molecule is C=CCNS(=O)(=O)Cc1ccc(NC(=O)Cc2csc(-c3ccc(C)o3)n2)cc1. The minimum absolute atomic E-state index is 0.136. The van der Waals surface area contributed by atoms with Crippen molar-refractivity contribution in [1.29, 1.82) is 0 Å². The van der Waals surface area contributed by atoms with Crippen LogP contribution >= 0.6 is 11.3 Å². The Hall–Kier alpha value is -2.75. The maximum absolute atomic E-state index is 12.3. The van der Waals surface area contributed by atoms with Crippen molar-refractivity contribution in [1.82, 2.24) is 9.71 Å². The summed E-state index contributed by atoms with van der Waals surface area (Å²) in [6.45, 7) is 5.54. The predicted molar refractivity (Wildman–Crippen MR) is 114 cm³/mol. The van der Waals surface area contributed by atoms with Crippen LogP contribution in [0, 0.1) is 6.92 Å². The number of benzene rings is 1. The third-order valence-corrected chi connectivity index (χ3v) is 6.11. The molecule has 0 unspecified atom stereocenters. The molecule has 2 aromatic heterocycles. The first-order chi connectivity index (χ1) is 13.8. The van der Waals surface area contributed by atoms with Crippen LogP contribution in [0.3, 0.4) is 0 Å². The highest BCUT2D eigenvalue weighted by atomic mass is 32.2. The first-order valence-corrected chi connectivity index (χ1v) is 11.4. The van der Waals surface area contributed by atoms with Gasteiger partial charge in [-0.2, -0.15) is 0 Å². The number of aryl methyl sites for hydroxylation is 1. The van der Waals surface area contributed by atoms with Crippen LogP contribution in [-0.4, -0.2) is 25.9 Å². The van der Waals surface area contributed by atoms with Gasteiger partial charge >= 0.3 is 0 Å². The number of nitrogens with one attached hydrogen (secondary N) is 2. The normalized spacial score (nSPS) is 11.3. The maximum Gasteiger partial charge on any atom is 0.230 e. The number of nitrogens with zero attached hydrogens (tertiary/aromatic N) is 1. The van der Waals surface area contributed by atoms with Crippen molar-refractivity contribution in [3.05, 3.63) is 71.5 Å². The van der Waals surface area contributed by atoms with Gasteiger partial charge in [0.05, 0.1) is 17.9 Å². The maximum atomic E-state index is 12.3. The molecule has 1 aromatic carbocycles. The molecule has 2 N–H and O–H groups in total. The number of aromatic nitrogens is 1. The molecule has 0 radical (unpaired) electrons. The third kappa shape index (κ3) is 6.11. The van der Waals surface area contributed by atoms with E-state index in [0.717, 1.165) is 10.8 Å². The number of carbonyl (C=O) groups excluding carboxylic acids is 1. The van der Waals surface area contributed by atoms with E-state index in [1.54, 1.807) is 24.3 Å². The molecule has 0 bridgehead atoms. The van der Waals surface area contributed by atoms with Gasteiger partial charge in [-0.25, -0.2) is 18.1 Å². The van der Waals surface area contributed by atoms with Crippen molar-refractivity contribution >= 4 is 33.0 Å². The molecule has 3 aromatic rings. The van der Waals surface area contributed by atoms with Gasteiger partial charge in [0.1, 0.15) is 5.76 Å². The number of sulfonamides is 1. The minimum Gasteiger partial charge on any atom is -0.459 e. The highest BCUT2D eigenvalue weighted by Crippen LogP contribution is 2.25. The molecular formula is C20H21N3O4S2. The van der Waals surface area contributed by atoms with Crippen molar-refractivity contribution in [2.45, 2.75) is 19.1 Å². The van der Waals surface area contributed by atoms with Crippen molar-refractivity contribution in [3.63, 3.8) is 0 Å². The van der Waals surface area contributed by atoms with Crippen LogP contribution in [-0.2, 0) is 27.0 Å². The molecule has 0 saturated carbocycles. The molecule has 152 valence electrons. The fraction of sp³-hybridized carbons (Fsp3) is 0.200. The molecular weight excluding hydrogens is 410 g/mol. The summed E-state index contributed by atoms with van der Waals surface area (Å²) in [5, 5.41) is 5.36. The summed E-state index contributed by atoms with van der Waals surface area (Å²) < 4.78 is 31.7. The van der Waals surface area contributed by atoms with E-state index >= 15 is 0 Å². The molecule has 0 aliphatic carbocycles. The Morgan fingerprint density at radius 2 is 2.00 bits per heavy atom. The van der Waals surface area contributed by atoms with Crippen LogP contribution in [0.15, 0.2) is 58.9 Å². The summed E-state index contributed by atoms with van der Waals surface area (Å²) in [6, 6.07) is 10.4. The lowest BCUT2D eigenvalue weighted by Crippen LogP contribution is -2.25. The molecule has 0 fully saturated rings. The summed E-state index contributed by atoms with van der Waals surface area (Å²) in [5.74, 6) is 1.16. The summed E-state index contributed by atoms with van der Waals surface area (Å²) in [5.41, 5.74) is 1.87. The average Bonchev–Trinajstić information content (AvgIpc) is 3.30. The molecule has 3 rings (SSSR count). The van der Waals surface area contributed by atoms with Crippen molar-refractivity contribution in [2.24, 2.45) is 0 Å². The van der Waals surface area contributed by atoms with E-state index in [9.17, 15) is 13.2 Å². The van der Waals surface area contributed by atoms with Gasteiger partial charge in [0.15, 0.2) is 10.8 Å². The fourth-order valence-corrected chi connectivity index (χ4v) is 4.45. The van der Waals surface area contributed by atoms with Crippen LogP contribution in [0.4, 0.5) is 5.69 Å². The molecule has 1 amide bonds. The van der Waals surface area contributed by atoms with E-state index in [1.165, 1.54) is 17.4 Å². The number of thiazole rings is 1. The zero-order valence-electron chi connectivity index (χ0n) is 15.8. The van der Waals surface area contributed by atoms with E-state index in [-0.39, 0.29) is 24.6 Å². The zero-order chi connectivity index (χ0) is 20.9. The Kier molecular flexibility index (Phi) is 6.63. The largest absolute Gasteiger partial charge is 0.459 e. The number of hydrogen-bond donors (Lipinski definition) is 2. The minimum atomic E-state index is -3.42. The third-order valence-electron chi connectivity index (χ3n) is 3.89. The van der Waals surface area contributed by atoms with Gasteiger partial charge < -0.3 is 9.73 Å². The summed E-state index contributed by atoms with van der Waals surface area (Å²) >= 11 is 1.42. The van der Waals surface area contributed by atoms with Gasteiger partial charge in [-0.15, -0.1) is 17.9 Å². The van der Waals surface area contributed by atoms with Gasteiger partial charge in [-0.3, -0.25) is 4.79 Å². The van der Waals surface area contributed by atoms with E-state index in [0.29, 0.717) is 22.7 Å². The molecule has 0 aliphatic rings. The van der Waals surface area contributed by atoms with Gasteiger partial charge in [0, 0.05) is 17.6 Å². The second-order valence-corrected chi connectivity index (χ2v) is 9.04. The number of amides is 1. The number of carbonyl (C=O) groups is 1. The Morgan fingerprint density at radius 1 is 1.24 bits per heavy atom. The second-order valence-electron chi connectivity index (χ2n) is 6.37. The average molecular weight is 432 g/mol. The van der Waals surface area contributed by atoms with Gasteiger partial charge in [-0.1, -0.05) is 18.2 Å². The van der Waals surface area contributed by atoms with Crippen molar-refractivity contribution in [2.75, 3.05) is 11.9 Å². The molecule has 29 heavy (non-hydrogen) atoms. The van der Waals surface area contributed by atoms with E-state index in [1.807, 2.05) is 24.4 Å². The molecule has 0 spiro atoms. The first-order valence-electron chi connectivity index (χ1n) is 8.83. The van der Waals surface area contributed by atoms with Crippen molar-refractivity contribution < 1.29 is 17.6 Å². The topological polar surface area (TPSA) is 101 Å². The molecule has 0 aliphatic heterocycles.